The minimum absolute atomic E-state index is 0.0759. The van der Waals surface area contributed by atoms with Crippen LogP contribution in [0.15, 0.2) is 41.5 Å². The average molecular weight is 476 g/mol. The van der Waals surface area contributed by atoms with Gasteiger partial charge in [0.05, 0.1) is 22.9 Å². The number of H-pyrrole nitrogens is 1. The van der Waals surface area contributed by atoms with Crippen molar-refractivity contribution in [2.24, 2.45) is 5.92 Å². The van der Waals surface area contributed by atoms with Crippen molar-refractivity contribution >= 4 is 16.9 Å². The fraction of sp³-hybridized carbons (Fsp3) is 0.400. The van der Waals surface area contributed by atoms with E-state index < -0.39 is 5.56 Å². The maximum atomic E-state index is 13.6. The Morgan fingerprint density at radius 2 is 1.97 bits per heavy atom. The van der Waals surface area contributed by atoms with Gasteiger partial charge in [-0.3, -0.25) is 14.7 Å². The molecule has 1 atom stereocenters. The monoisotopic (exact) mass is 475 g/mol. The van der Waals surface area contributed by atoms with Gasteiger partial charge in [0.15, 0.2) is 0 Å². The highest BCUT2D eigenvalue weighted by atomic mass is 16.3. The third-order valence-electron chi connectivity index (χ3n) is 6.52. The Hall–Kier alpha value is -3.79. The Morgan fingerprint density at radius 1 is 1.20 bits per heavy atom. The van der Waals surface area contributed by atoms with Gasteiger partial charge in [-0.05, 0) is 50.8 Å². The smallest absolute Gasteiger partial charge is 0.277 e. The predicted octanol–water partition coefficient (Wildman–Crippen LogP) is 2.01. The maximum absolute atomic E-state index is 13.6. The van der Waals surface area contributed by atoms with E-state index >= 15 is 0 Å². The van der Waals surface area contributed by atoms with Crippen molar-refractivity contribution in [1.82, 2.24) is 34.2 Å². The van der Waals surface area contributed by atoms with Crippen molar-refractivity contribution in [1.29, 1.82) is 0 Å². The van der Waals surface area contributed by atoms with E-state index in [0.29, 0.717) is 13.1 Å². The zero-order valence-corrected chi connectivity index (χ0v) is 19.9. The Bertz CT molecular complexity index is 1410. The predicted molar refractivity (Wildman–Crippen MR) is 131 cm³/mol. The SMILES string of the molecule is Cc1cc(C)nc(-n2[nH]c(C(=O)N3CCCC(Cn4cnc5ccccc54)C3)c(CCO)c2=O)n1. The second-order valence-electron chi connectivity index (χ2n) is 9.18. The van der Waals surface area contributed by atoms with Crippen molar-refractivity contribution in [3.8, 4) is 5.95 Å². The fourth-order valence-electron chi connectivity index (χ4n) is 4.93. The normalized spacial score (nSPS) is 16.2. The third-order valence-corrected chi connectivity index (χ3v) is 6.52. The minimum Gasteiger partial charge on any atom is -0.396 e. The number of amides is 1. The summed E-state index contributed by atoms with van der Waals surface area (Å²) in [5, 5.41) is 12.5. The molecule has 0 aliphatic carbocycles. The lowest BCUT2D eigenvalue weighted by Crippen LogP contribution is -2.41. The van der Waals surface area contributed by atoms with Gasteiger partial charge in [-0.2, -0.15) is 4.68 Å². The third kappa shape index (κ3) is 4.49. The molecule has 3 aromatic heterocycles. The van der Waals surface area contributed by atoms with Gasteiger partial charge in [-0.15, -0.1) is 0 Å². The minimum atomic E-state index is -0.411. The summed E-state index contributed by atoms with van der Waals surface area (Å²) in [7, 11) is 0. The number of hydrogen-bond acceptors (Lipinski definition) is 6. The molecule has 4 aromatic rings. The second-order valence-corrected chi connectivity index (χ2v) is 9.18. The molecular weight excluding hydrogens is 446 g/mol. The zero-order chi connectivity index (χ0) is 24.5. The summed E-state index contributed by atoms with van der Waals surface area (Å²) in [6.45, 7) is 5.37. The summed E-state index contributed by atoms with van der Waals surface area (Å²) in [4.78, 5) is 41.7. The molecule has 1 amide bonds. The summed E-state index contributed by atoms with van der Waals surface area (Å²) in [5.74, 6) is 0.214. The van der Waals surface area contributed by atoms with Crippen molar-refractivity contribution < 1.29 is 9.90 Å². The summed E-state index contributed by atoms with van der Waals surface area (Å²) in [5.41, 5.74) is 3.51. The first-order valence-electron chi connectivity index (χ1n) is 11.9. The zero-order valence-electron chi connectivity index (χ0n) is 19.9. The van der Waals surface area contributed by atoms with Crippen molar-refractivity contribution in [3.63, 3.8) is 0 Å². The fourth-order valence-corrected chi connectivity index (χ4v) is 4.93. The molecule has 5 rings (SSSR count). The number of fused-ring (bicyclic) bond motifs is 1. The molecule has 182 valence electrons. The number of carbonyl (C=O) groups excluding carboxylic acids is 1. The highest BCUT2D eigenvalue weighted by molar-refractivity contribution is 5.93. The molecule has 1 aliphatic rings. The summed E-state index contributed by atoms with van der Waals surface area (Å²) in [6.07, 6.45) is 3.82. The first-order valence-corrected chi connectivity index (χ1v) is 11.9. The van der Waals surface area contributed by atoms with E-state index in [2.05, 4.69) is 30.7 Å². The van der Waals surface area contributed by atoms with Crippen LogP contribution in [0.25, 0.3) is 17.0 Å². The van der Waals surface area contributed by atoms with Gasteiger partial charge in [0.25, 0.3) is 17.4 Å². The number of aryl methyl sites for hydroxylation is 2. The Balaban J connectivity index is 1.41. The summed E-state index contributed by atoms with van der Waals surface area (Å²) < 4.78 is 3.35. The molecule has 1 saturated heterocycles. The number of nitrogens with zero attached hydrogens (tertiary/aromatic N) is 6. The Labute approximate surface area is 202 Å². The van der Waals surface area contributed by atoms with Gasteiger partial charge in [-0.25, -0.2) is 15.0 Å². The molecule has 35 heavy (non-hydrogen) atoms. The molecular formula is C25H29N7O3. The number of likely N-dealkylation sites (tertiary alicyclic amines) is 1. The van der Waals surface area contributed by atoms with Crippen LogP contribution in [0.4, 0.5) is 0 Å². The van der Waals surface area contributed by atoms with Crippen LogP contribution in [0, 0.1) is 19.8 Å². The van der Waals surface area contributed by atoms with Crippen LogP contribution in [0.3, 0.4) is 0 Å². The number of carbonyl (C=O) groups is 1. The van der Waals surface area contributed by atoms with E-state index in [9.17, 15) is 14.7 Å². The number of aromatic nitrogens is 6. The summed E-state index contributed by atoms with van der Waals surface area (Å²) >= 11 is 0. The molecule has 1 aromatic carbocycles. The number of para-hydroxylation sites is 2. The molecule has 1 aliphatic heterocycles. The summed E-state index contributed by atoms with van der Waals surface area (Å²) in [6, 6.07) is 9.83. The van der Waals surface area contributed by atoms with Gasteiger partial charge >= 0.3 is 0 Å². The highest BCUT2D eigenvalue weighted by Gasteiger charge is 2.29. The van der Waals surface area contributed by atoms with Crippen molar-refractivity contribution in [2.75, 3.05) is 19.7 Å². The lowest BCUT2D eigenvalue weighted by atomic mass is 9.97. The number of aliphatic hydroxyl groups excluding tert-OH is 1. The number of rotatable bonds is 6. The molecule has 1 fully saturated rings. The largest absolute Gasteiger partial charge is 0.396 e. The van der Waals surface area contributed by atoms with E-state index in [0.717, 1.165) is 41.8 Å². The molecule has 0 bridgehead atoms. The lowest BCUT2D eigenvalue weighted by Gasteiger charge is -2.33. The van der Waals surface area contributed by atoms with E-state index in [1.165, 1.54) is 4.68 Å². The van der Waals surface area contributed by atoms with Gasteiger partial charge < -0.3 is 14.6 Å². The number of imidazole rings is 1. The Kier molecular flexibility index (Phi) is 6.21. The van der Waals surface area contributed by atoms with Gasteiger partial charge in [0.1, 0.15) is 5.69 Å². The van der Waals surface area contributed by atoms with Crippen LogP contribution in [-0.4, -0.2) is 64.9 Å². The molecule has 4 heterocycles. The average Bonchev–Trinajstić information content (AvgIpc) is 3.40. The molecule has 0 spiro atoms. The van der Waals surface area contributed by atoms with Crippen LogP contribution in [0.2, 0.25) is 0 Å². The van der Waals surface area contributed by atoms with Gasteiger partial charge in [-0.1, -0.05) is 12.1 Å². The van der Waals surface area contributed by atoms with Crippen molar-refractivity contribution in [2.45, 2.75) is 39.7 Å². The van der Waals surface area contributed by atoms with E-state index in [4.69, 9.17) is 0 Å². The van der Waals surface area contributed by atoms with Gasteiger partial charge in [0, 0.05) is 44.0 Å². The first-order chi connectivity index (χ1) is 16.9. The molecule has 10 nitrogen and oxygen atoms in total. The number of benzene rings is 1. The topological polar surface area (TPSA) is 122 Å². The molecule has 2 N–H and O–H groups in total. The van der Waals surface area contributed by atoms with E-state index in [1.807, 2.05) is 44.4 Å². The second kappa shape index (κ2) is 9.46. The van der Waals surface area contributed by atoms with Crippen LogP contribution in [-0.2, 0) is 13.0 Å². The highest BCUT2D eigenvalue weighted by Crippen LogP contribution is 2.23. The lowest BCUT2D eigenvalue weighted by molar-refractivity contribution is 0.0655. The van der Waals surface area contributed by atoms with Crippen LogP contribution in [0.5, 0.6) is 0 Å². The molecule has 1 unspecified atom stereocenters. The first kappa shape index (κ1) is 23.0. The van der Waals surface area contributed by atoms with Crippen LogP contribution in [0.1, 0.15) is 40.3 Å². The molecule has 0 radical (unpaired) electrons. The van der Waals surface area contributed by atoms with E-state index in [1.54, 1.807) is 4.90 Å². The quantitative estimate of drug-likeness (QED) is 0.440. The molecule has 0 saturated carbocycles. The molecule has 10 heteroatoms. The number of piperidine rings is 1. The van der Waals surface area contributed by atoms with Crippen LogP contribution >= 0.6 is 0 Å². The van der Waals surface area contributed by atoms with E-state index in [-0.39, 0.29) is 42.1 Å². The standard InChI is InChI=1S/C25H29N7O3/c1-16-12-17(2)28-25(27-16)32-23(34)19(9-11-33)22(29-32)24(35)30-10-5-6-18(13-30)14-31-15-26-20-7-3-4-8-21(20)31/h3-4,7-8,12,15,18,29,33H,5-6,9-11,13-14H2,1-2H3. The Morgan fingerprint density at radius 3 is 2.74 bits per heavy atom. The maximum Gasteiger partial charge on any atom is 0.277 e. The van der Waals surface area contributed by atoms with Crippen LogP contribution < -0.4 is 5.56 Å². The number of nitrogens with one attached hydrogen (secondary N) is 1. The number of aromatic amines is 1. The van der Waals surface area contributed by atoms with Crippen molar-refractivity contribution in [3.05, 3.63) is 69.7 Å². The van der Waals surface area contributed by atoms with Gasteiger partial charge in [0.2, 0.25) is 0 Å². The number of hydrogen-bond donors (Lipinski definition) is 2. The number of aliphatic hydroxyl groups is 1.